The minimum absolute atomic E-state index is 0.0243. The molecule has 1 N–H and O–H groups in total. The molecule has 7 heteroatoms. The van der Waals surface area contributed by atoms with Crippen molar-refractivity contribution in [3.05, 3.63) is 32.7 Å². The van der Waals surface area contributed by atoms with Gasteiger partial charge in [0.25, 0.3) is 0 Å². The van der Waals surface area contributed by atoms with Gasteiger partial charge in [-0.25, -0.2) is 0 Å². The Morgan fingerprint density at radius 2 is 2.18 bits per heavy atom. The van der Waals surface area contributed by atoms with E-state index in [1.165, 1.54) is 0 Å². The van der Waals surface area contributed by atoms with Crippen molar-refractivity contribution >= 4 is 34.5 Å². The zero-order chi connectivity index (χ0) is 16.3. The number of nitrogens with zero attached hydrogens (tertiary/aromatic N) is 3. The molecule has 2 aromatic rings. The van der Waals surface area contributed by atoms with Crippen molar-refractivity contribution in [3.8, 4) is 0 Å². The molecule has 0 saturated carbocycles. The average Bonchev–Trinajstić information content (AvgIpc) is 2.97. The van der Waals surface area contributed by atoms with Crippen molar-refractivity contribution in [3.63, 3.8) is 0 Å². The minimum Gasteiger partial charge on any atom is -0.322 e. The summed E-state index contributed by atoms with van der Waals surface area (Å²) < 4.78 is 2.55. The third-order valence-electron chi connectivity index (χ3n) is 3.60. The van der Waals surface area contributed by atoms with Crippen molar-refractivity contribution in [1.29, 1.82) is 0 Å². The van der Waals surface area contributed by atoms with E-state index in [9.17, 15) is 4.79 Å². The minimum atomic E-state index is -0.0243. The number of amides is 1. The number of halogens is 1. The fourth-order valence-corrected chi connectivity index (χ4v) is 3.40. The molecule has 0 aliphatic heterocycles. The fourth-order valence-electron chi connectivity index (χ4n) is 2.27. The SMILES string of the molecule is CCN(CC(=O)Nc1c(C)nn(C)c1C)Cc1ccc(Cl)s1. The van der Waals surface area contributed by atoms with Crippen LogP contribution < -0.4 is 5.32 Å². The molecule has 0 bridgehead atoms. The third-order valence-corrected chi connectivity index (χ3v) is 4.81. The second kappa shape index (κ2) is 7.26. The highest BCUT2D eigenvalue weighted by atomic mass is 35.5. The summed E-state index contributed by atoms with van der Waals surface area (Å²) in [6.45, 7) is 7.76. The van der Waals surface area contributed by atoms with Gasteiger partial charge in [-0.3, -0.25) is 14.4 Å². The number of hydrogen-bond donors (Lipinski definition) is 1. The number of likely N-dealkylation sites (N-methyl/N-ethyl adjacent to an activating group) is 1. The number of carbonyl (C=O) groups excluding carboxylic acids is 1. The number of thiophene rings is 1. The zero-order valence-electron chi connectivity index (χ0n) is 13.3. The normalized spacial score (nSPS) is 11.2. The molecule has 0 fully saturated rings. The van der Waals surface area contributed by atoms with Gasteiger partial charge < -0.3 is 5.32 Å². The Hall–Kier alpha value is -1.37. The second-order valence-electron chi connectivity index (χ2n) is 5.23. The molecule has 22 heavy (non-hydrogen) atoms. The van der Waals surface area contributed by atoms with Crippen LogP contribution in [-0.4, -0.2) is 33.7 Å². The number of nitrogens with one attached hydrogen (secondary N) is 1. The van der Waals surface area contributed by atoms with Crippen molar-refractivity contribution in [2.45, 2.75) is 27.3 Å². The number of rotatable bonds is 6. The summed E-state index contributed by atoms with van der Waals surface area (Å²) in [4.78, 5) is 15.5. The Balaban J connectivity index is 1.97. The topological polar surface area (TPSA) is 50.2 Å². The summed E-state index contributed by atoms with van der Waals surface area (Å²) in [7, 11) is 1.87. The van der Waals surface area contributed by atoms with Crippen LogP contribution in [0.4, 0.5) is 5.69 Å². The van der Waals surface area contributed by atoms with Crippen molar-refractivity contribution in [2.75, 3.05) is 18.4 Å². The van der Waals surface area contributed by atoms with Crippen LogP contribution >= 0.6 is 22.9 Å². The number of carbonyl (C=O) groups is 1. The van der Waals surface area contributed by atoms with Gasteiger partial charge in [-0.05, 0) is 32.5 Å². The molecule has 1 amide bonds. The molecular weight excluding hydrogens is 320 g/mol. The van der Waals surface area contributed by atoms with Gasteiger partial charge in [0, 0.05) is 18.5 Å². The van der Waals surface area contributed by atoms with Gasteiger partial charge in [-0.15, -0.1) is 11.3 Å². The molecule has 0 unspecified atom stereocenters. The monoisotopic (exact) mass is 340 g/mol. The van der Waals surface area contributed by atoms with Crippen LogP contribution in [0, 0.1) is 13.8 Å². The summed E-state index contributed by atoms with van der Waals surface area (Å²) in [6, 6.07) is 3.89. The van der Waals surface area contributed by atoms with Gasteiger partial charge in [0.05, 0.1) is 28.0 Å². The molecule has 2 rings (SSSR count). The number of hydrogen-bond acceptors (Lipinski definition) is 4. The highest BCUT2D eigenvalue weighted by Crippen LogP contribution is 2.23. The maximum Gasteiger partial charge on any atom is 0.238 e. The van der Waals surface area contributed by atoms with Crippen LogP contribution in [-0.2, 0) is 18.4 Å². The fraction of sp³-hybridized carbons (Fsp3) is 0.467. The van der Waals surface area contributed by atoms with Gasteiger partial charge in [-0.2, -0.15) is 5.10 Å². The van der Waals surface area contributed by atoms with Crippen LogP contribution in [0.3, 0.4) is 0 Å². The Labute approximate surface area is 139 Å². The average molecular weight is 341 g/mol. The number of aryl methyl sites for hydroxylation is 2. The van der Waals surface area contributed by atoms with E-state index in [4.69, 9.17) is 11.6 Å². The maximum absolute atomic E-state index is 12.3. The number of aromatic nitrogens is 2. The van der Waals surface area contributed by atoms with E-state index >= 15 is 0 Å². The van der Waals surface area contributed by atoms with E-state index in [1.807, 2.05) is 40.0 Å². The predicted molar refractivity (Wildman–Crippen MR) is 91.6 cm³/mol. The van der Waals surface area contributed by atoms with Crippen molar-refractivity contribution in [2.24, 2.45) is 7.05 Å². The molecule has 0 aromatic carbocycles. The van der Waals surface area contributed by atoms with E-state index in [-0.39, 0.29) is 5.91 Å². The predicted octanol–water partition coefficient (Wildman–Crippen LogP) is 3.21. The summed E-state index contributed by atoms with van der Waals surface area (Å²) in [5.41, 5.74) is 2.60. The van der Waals surface area contributed by atoms with Crippen LogP contribution in [0.25, 0.3) is 0 Å². The van der Waals surface area contributed by atoms with E-state index in [0.29, 0.717) is 6.54 Å². The zero-order valence-corrected chi connectivity index (χ0v) is 14.9. The van der Waals surface area contributed by atoms with Gasteiger partial charge in [0.1, 0.15) is 0 Å². The lowest BCUT2D eigenvalue weighted by atomic mass is 10.3. The van der Waals surface area contributed by atoms with Gasteiger partial charge in [0.15, 0.2) is 0 Å². The van der Waals surface area contributed by atoms with E-state index < -0.39 is 0 Å². The second-order valence-corrected chi connectivity index (χ2v) is 7.03. The lowest BCUT2D eigenvalue weighted by molar-refractivity contribution is -0.117. The van der Waals surface area contributed by atoms with Crippen LogP contribution in [0.15, 0.2) is 12.1 Å². The largest absolute Gasteiger partial charge is 0.322 e. The van der Waals surface area contributed by atoms with Crippen LogP contribution in [0.2, 0.25) is 4.34 Å². The summed E-state index contributed by atoms with van der Waals surface area (Å²) >= 11 is 7.50. The van der Waals surface area contributed by atoms with Crippen LogP contribution in [0.5, 0.6) is 0 Å². The maximum atomic E-state index is 12.3. The smallest absolute Gasteiger partial charge is 0.238 e. The summed E-state index contributed by atoms with van der Waals surface area (Å²) in [5.74, 6) is -0.0243. The van der Waals surface area contributed by atoms with Gasteiger partial charge in [-0.1, -0.05) is 18.5 Å². The summed E-state index contributed by atoms with van der Waals surface area (Å²) in [5, 5.41) is 7.28. The van der Waals surface area contributed by atoms with Gasteiger partial charge >= 0.3 is 0 Å². The molecule has 0 radical (unpaired) electrons. The van der Waals surface area contributed by atoms with Crippen LogP contribution in [0.1, 0.15) is 23.2 Å². The molecule has 0 saturated heterocycles. The first-order valence-corrected chi connectivity index (χ1v) is 8.36. The Morgan fingerprint density at radius 1 is 1.45 bits per heavy atom. The Kier molecular flexibility index (Phi) is 5.61. The third kappa shape index (κ3) is 4.09. The van der Waals surface area contributed by atoms with E-state index in [2.05, 4.69) is 15.3 Å². The molecule has 5 nitrogen and oxygen atoms in total. The molecule has 2 aromatic heterocycles. The van der Waals surface area contributed by atoms with Crippen molar-refractivity contribution < 1.29 is 4.79 Å². The molecule has 0 aliphatic rings. The standard InChI is InChI=1S/C15H21ClN4OS/c1-5-20(8-12-6-7-13(16)22-12)9-14(21)17-15-10(2)18-19(4)11(15)3/h6-7H,5,8-9H2,1-4H3,(H,17,21). The highest BCUT2D eigenvalue weighted by Gasteiger charge is 2.15. The number of anilines is 1. The Bertz CT molecular complexity index is 665. The Morgan fingerprint density at radius 3 is 2.68 bits per heavy atom. The molecule has 120 valence electrons. The molecular formula is C15H21ClN4OS. The van der Waals surface area contributed by atoms with Crippen molar-refractivity contribution in [1.82, 2.24) is 14.7 Å². The van der Waals surface area contributed by atoms with Gasteiger partial charge in [0.2, 0.25) is 5.91 Å². The first-order valence-electron chi connectivity index (χ1n) is 7.17. The molecule has 0 atom stereocenters. The lowest BCUT2D eigenvalue weighted by Gasteiger charge is -2.19. The van der Waals surface area contributed by atoms with E-state index in [0.717, 1.165) is 39.4 Å². The molecule has 0 spiro atoms. The quantitative estimate of drug-likeness (QED) is 0.878. The molecule has 2 heterocycles. The van der Waals surface area contributed by atoms with E-state index in [1.54, 1.807) is 16.0 Å². The first-order chi connectivity index (χ1) is 10.4. The highest BCUT2D eigenvalue weighted by molar-refractivity contribution is 7.16. The summed E-state index contributed by atoms with van der Waals surface area (Å²) in [6.07, 6.45) is 0. The molecule has 0 aliphatic carbocycles. The lowest BCUT2D eigenvalue weighted by Crippen LogP contribution is -2.32. The first kappa shape index (κ1) is 17.0.